The first-order chi connectivity index (χ1) is 14.2. The Morgan fingerprint density at radius 3 is 2.53 bits per heavy atom. The molecule has 166 valence electrons. The van der Waals surface area contributed by atoms with E-state index in [1.165, 1.54) is 7.11 Å². The Bertz CT molecular complexity index is 719. The maximum absolute atomic E-state index is 12.6. The lowest BCUT2D eigenvalue weighted by atomic mass is 10.1. The maximum Gasteiger partial charge on any atom is 0.408 e. The van der Waals surface area contributed by atoms with Crippen molar-refractivity contribution >= 4 is 18.0 Å². The lowest BCUT2D eigenvalue weighted by Gasteiger charge is -2.24. The largest absolute Gasteiger partial charge is 0.460 e. The van der Waals surface area contributed by atoms with E-state index in [-0.39, 0.29) is 25.2 Å². The summed E-state index contributed by atoms with van der Waals surface area (Å²) in [6.45, 7) is 5.82. The number of benzene rings is 1. The number of carbonyl (C=O) groups is 3. The minimum atomic E-state index is -0.908. The Hall–Kier alpha value is -2.65. The van der Waals surface area contributed by atoms with Gasteiger partial charge in [0.2, 0.25) is 5.91 Å². The number of hydrogen-bond donors (Lipinski definition) is 3. The summed E-state index contributed by atoms with van der Waals surface area (Å²) in [4.78, 5) is 36.8. The zero-order chi connectivity index (χ0) is 22.1. The van der Waals surface area contributed by atoms with E-state index >= 15 is 0 Å². The van der Waals surface area contributed by atoms with E-state index in [0.29, 0.717) is 13.0 Å². The van der Waals surface area contributed by atoms with Gasteiger partial charge in [-0.25, -0.2) is 4.79 Å². The summed E-state index contributed by atoms with van der Waals surface area (Å²) < 4.78 is 15.6. The quantitative estimate of drug-likeness (QED) is 0.539. The monoisotopic (exact) mass is 421 g/mol. The summed E-state index contributed by atoms with van der Waals surface area (Å²) in [5.41, 5.74) is 0.227. The van der Waals surface area contributed by atoms with Crippen molar-refractivity contribution in [1.29, 1.82) is 0 Å². The van der Waals surface area contributed by atoms with E-state index in [9.17, 15) is 14.4 Å². The summed E-state index contributed by atoms with van der Waals surface area (Å²) in [5, 5.41) is 8.40. The van der Waals surface area contributed by atoms with Crippen LogP contribution in [0.5, 0.6) is 0 Å². The van der Waals surface area contributed by atoms with Gasteiger partial charge in [0.25, 0.3) is 0 Å². The van der Waals surface area contributed by atoms with E-state index < -0.39 is 29.7 Å². The van der Waals surface area contributed by atoms with Crippen LogP contribution in [0.25, 0.3) is 0 Å². The highest BCUT2D eigenvalue weighted by atomic mass is 16.6. The Labute approximate surface area is 176 Å². The number of alkyl carbamates (subject to hydrolysis) is 1. The first-order valence-electron chi connectivity index (χ1n) is 9.90. The number of rotatable bonds is 8. The van der Waals surface area contributed by atoms with Gasteiger partial charge < -0.3 is 30.2 Å². The molecule has 0 aliphatic carbocycles. The summed E-state index contributed by atoms with van der Waals surface area (Å²) in [6.07, 6.45) is -0.308. The highest BCUT2D eigenvalue weighted by Gasteiger charge is 2.33. The van der Waals surface area contributed by atoms with Gasteiger partial charge >= 0.3 is 12.1 Å². The normalized spacial score (nSPS) is 19.6. The van der Waals surface area contributed by atoms with Gasteiger partial charge in [-0.1, -0.05) is 30.3 Å². The van der Waals surface area contributed by atoms with Gasteiger partial charge in [-0.2, -0.15) is 0 Å². The molecule has 1 saturated heterocycles. The van der Waals surface area contributed by atoms with Crippen LogP contribution in [0.3, 0.4) is 0 Å². The highest BCUT2D eigenvalue weighted by molar-refractivity contribution is 5.86. The molecule has 9 heteroatoms. The molecule has 0 spiro atoms. The molecule has 2 rings (SSSR count). The smallest absolute Gasteiger partial charge is 0.408 e. The van der Waals surface area contributed by atoms with Crippen molar-refractivity contribution in [3.05, 3.63) is 35.9 Å². The van der Waals surface area contributed by atoms with Crippen LogP contribution in [0.1, 0.15) is 32.8 Å². The molecule has 30 heavy (non-hydrogen) atoms. The van der Waals surface area contributed by atoms with E-state index in [4.69, 9.17) is 14.2 Å². The van der Waals surface area contributed by atoms with Crippen LogP contribution >= 0.6 is 0 Å². The van der Waals surface area contributed by atoms with Crippen LogP contribution in [0.15, 0.2) is 30.3 Å². The summed E-state index contributed by atoms with van der Waals surface area (Å²) >= 11 is 0. The van der Waals surface area contributed by atoms with Gasteiger partial charge in [-0.15, -0.1) is 0 Å². The SMILES string of the molecule is COCC(NC(=O)OC(C)(C)C)C(=O)NC1CNC(C(=O)OCc2ccccc2)C1. The molecule has 2 amide bonds. The molecule has 1 aromatic carbocycles. The third-order valence-corrected chi connectivity index (χ3v) is 4.33. The first-order valence-corrected chi connectivity index (χ1v) is 9.90. The summed E-state index contributed by atoms with van der Waals surface area (Å²) in [5.74, 6) is -0.774. The molecule has 3 unspecified atom stereocenters. The molecule has 0 bridgehead atoms. The van der Waals surface area contributed by atoms with Crippen molar-refractivity contribution in [2.24, 2.45) is 0 Å². The zero-order valence-corrected chi connectivity index (χ0v) is 17.9. The molecule has 0 radical (unpaired) electrons. The molecule has 1 heterocycles. The molecule has 0 aromatic heterocycles. The van der Waals surface area contributed by atoms with Crippen molar-refractivity contribution in [3.8, 4) is 0 Å². The van der Waals surface area contributed by atoms with Crippen molar-refractivity contribution in [2.45, 2.75) is 57.5 Å². The van der Waals surface area contributed by atoms with E-state index in [1.807, 2.05) is 30.3 Å². The average Bonchev–Trinajstić information content (AvgIpc) is 3.13. The van der Waals surface area contributed by atoms with Gasteiger partial charge in [-0.05, 0) is 32.8 Å². The van der Waals surface area contributed by atoms with E-state index in [0.717, 1.165) is 5.56 Å². The molecular formula is C21H31N3O6. The molecule has 1 aliphatic heterocycles. The second kappa shape index (κ2) is 10.9. The number of carbonyl (C=O) groups excluding carboxylic acids is 3. The minimum Gasteiger partial charge on any atom is -0.460 e. The standard InChI is InChI=1S/C21H31N3O6/c1-21(2,3)30-20(27)24-17(13-28-4)18(25)23-15-10-16(22-11-15)19(26)29-12-14-8-6-5-7-9-14/h5-9,15-17,22H,10-13H2,1-4H3,(H,23,25)(H,24,27). The minimum absolute atomic E-state index is 0.00618. The fraction of sp³-hybridized carbons (Fsp3) is 0.571. The fourth-order valence-corrected chi connectivity index (χ4v) is 2.96. The van der Waals surface area contributed by atoms with Crippen LogP contribution in [-0.2, 0) is 30.4 Å². The topological polar surface area (TPSA) is 115 Å². The fourth-order valence-electron chi connectivity index (χ4n) is 2.96. The number of esters is 1. The summed E-state index contributed by atoms with van der Waals surface area (Å²) in [6, 6.07) is 7.73. The van der Waals surface area contributed by atoms with Crippen LogP contribution in [0.4, 0.5) is 4.79 Å². The Balaban J connectivity index is 1.81. The molecule has 1 aromatic rings. The number of nitrogens with one attached hydrogen (secondary N) is 3. The number of hydrogen-bond acceptors (Lipinski definition) is 7. The second-order valence-electron chi connectivity index (χ2n) is 8.15. The van der Waals surface area contributed by atoms with Crippen LogP contribution in [0, 0.1) is 0 Å². The predicted octanol–water partition coefficient (Wildman–Crippen LogP) is 1.12. The van der Waals surface area contributed by atoms with E-state index in [2.05, 4.69) is 16.0 Å². The zero-order valence-electron chi connectivity index (χ0n) is 17.9. The van der Waals surface area contributed by atoms with Crippen molar-refractivity contribution in [2.75, 3.05) is 20.3 Å². The van der Waals surface area contributed by atoms with Crippen LogP contribution in [-0.4, -0.2) is 62.0 Å². The Morgan fingerprint density at radius 2 is 1.90 bits per heavy atom. The van der Waals surface area contributed by atoms with Gasteiger partial charge in [-0.3, -0.25) is 9.59 Å². The highest BCUT2D eigenvalue weighted by Crippen LogP contribution is 2.11. The first kappa shape index (κ1) is 23.6. The lowest BCUT2D eigenvalue weighted by molar-refractivity contribution is -0.147. The third-order valence-electron chi connectivity index (χ3n) is 4.33. The number of amides is 2. The molecule has 1 fully saturated rings. The van der Waals surface area contributed by atoms with Gasteiger partial charge in [0.1, 0.15) is 24.3 Å². The Kier molecular flexibility index (Phi) is 8.61. The second-order valence-corrected chi connectivity index (χ2v) is 8.15. The lowest BCUT2D eigenvalue weighted by Crippen LogP contribution is -2.53. The average molecular weight is 421 g/mol. The molecule has 9 nitrogen and oxygen atoms in total. The molecule has 3 N–H and O–H groups in total. The van der Waals surface area contributed by atoms with Gasteiger partial charge in [0.15, 0.2) is 0 Å². The van der Waals surface area contributed by atoms with Crippen molar-refractivity contribution in [3.63, 3.8) is 0 Å². The van der Waals surface area contributed by atoms with Gasteiger partial charge in [0, 0.05) is 19.7 Å². The Morgan fingerprint density at radius 1 is 1.20 bits per heavy atom. The third kappa shape index (κ3) is 8.00. The molecule has 0 saturated carbocycles. The van der Waals surface area contributed by atoms with Crippen LogP contribution < -0.4 is 16.0 Å². The summed E-state index contributed by atoms with van der Waals surface area (Å²) in [7, 11) is 1.44. The van der Waals surface area contributed by atoms with Crippen LogP contribution in [0.2, 0.25) is 0 Å². The van der Waals surface area contributed by atoms with Gasteiger partial charge in [0.05, 0.1) is 6.61 Å². The molecule has 1 aliphatic rings. The maximum atomic E-state index is 12.6. The molecular weight excluding hydrogens is 390 g/mol. The molecule has 3 atom stereocenters. The number of methoxy groups -OCH3 is 1. The van der Waals surface area contributed by atoms with Crippen molar-refractivity contribution in [1.82, 2.24) is 16.0 Å². The van der Waals surface area contributed by atoms with Crippen molar-refractivity contribution < 1.29 is 28.6 Å². The number of ether oxygens (including phenoxy) is 3. The van der Waals surface area contributed by atoms with E-state index in [1.54, 1.807) is 20.8 Å². The predicted molar refractivity (Wildman–Crippen MR) is 110 cm³/mol.